The first-order valence-electron chi connectivity index (χ1n) is 11.4. The zero-order valence-corrected chi connectivity index (χ0v) is 19.5. The topological polar surface area (TPSA) is 172 Å². The fraction of sp³-hybridized carbons (Fsp3) is 0. The lowest BCUT2D eigenvalue weighted by molar-refractivity contribution is 0.101. The molecule has 0 saturated heterocycles. The van der Waals surface area contributed by atoms with E-state index >= 15 is 0 Å². The highest BCUT2D eigenvalue weighted by molar-refractivity contribution is 6.12. The van der Waals surface area contributed by atoms with Gasteiger partial charge in [0.25, 0.3) is 11.8 Å². The lowest BCUT2D eigenvalue weighted by Crippen LogP contribution is -2.14. The van der Waals surface area contributed by atoms with Crippen molar-refractivity contribution in [1.29, 1.82) is 5.26 Å². The van der Waals surface area contributed by atoms with E-state index in [-0.39, 0.29) is 17.4 Å². The molecular formula is C27H17N7O4. The molecule has 5 N–H and O–H groups in total. The summed E-state index contributed by atoms with van der Waals surface area (Å²) in [6.45, 7) is 0. The number of fused-ring (bicyclic) bond motifs is 2. The van der Waals surface area contributed by atoms with Crippen LogP contribution in [0, 0.1) is 11.3 Å². The van der Waals surface area contributed by atoms with Gasteiger partial charge in [-0.05, 0) is 42.5 Å². The fourth-order valence-electron chi connectivity index (χ4n) is 4.22. The van der Waals surface area contributed by atoms with Gasteiger partial charge in [0.05, 0.1) is 28.5 Å². The summed E-state index contributed by atoms with van der Waals surface area (Å²) in [6, 6.07) is 22.9. The molecule has 3 aromatic heterocycles. The minimum Gasteiger partial charge on any atom is -0.351 e. The number of para-hydroxylation sites is 2. The third kappa shape index (κ3) is 4.08. The number of H-pyrrole nitrogens is 3. The predicted molar refractivity (Wildman–Crippen MR) is 140 cm³/mol. The largest absolute Gasteiger partial charge is 0.439 e. The zero-order chi connectivity index (χ0) is 26.2. The molecule has 0 spiro atoms. The van der Waals surface area contributed by atoms with E-state index in [1.807, 2.05) is 36.4 Å². The van der Waals surface area contributed by atoms with Crippen molar-refractivity contribution in [3.63, 3.8) is 0 Å². The Morgan fingerprint density at radius 1 is 0.816 bits per heavy atom. The summed E-state index contributed by atoms with van der Waals surface area (Å²) in [7, 11) is 0. The number of aromatic nitrogens is 4. The van der Waals surface area contributed by atoms with E-state index in [9.17, 15) is 19.6 Å². The second-order valence-corrected chi connectivity index (χ2v) is 8.45. The van der Waals surface area contributed by atoms with Crippen LogP contribution in [0.3, 0.4) is 0 Å². The molecule has 6 aromatic rings. The Labute approximate surface area is 213 Å². The molecule has 0 saturated carbocycles. The van der Waals surface area contributed by atoms with Crippen LogP contribution in [0.15, 0.2) is 82.1 Å². The maximum atomic E-state index is 13.2. The van der Waals surface area contributed by atoms with Crippen LogP contribution in [0.25, 0.3) is 33.2 Å². The van der Waals surface area contributed by atoms with Gasteiger partial charge >= 0.3 is 5.76 Å². The highest BCUT2D eigenvalue weighted by Gasteiger charge is 2.18. The van der Waals surface area contributed by atoms with Gasteiger partial charge in [0.15, 0.2) is 5.82 Å². The lowest BCUT2D eigenvalue weighted by atomic mass is 10.1. The monoisotopic (exact) mass is 503 g/mol. The van der Waals surface area contributed by atoms with Crippen LogP contribution in [0.4, 0.5) is 11.4 Å². The van der Waals surface area contributed by atoms with E-state index in [2.05, 4.69) is 35.3 Å². The average molecular weight is 503 g/mol. The lowest BCUT2D eigenvalue weighted by Gasteiger charge is -2.09. The molecule has 6 rings (SSSR count). The summed E-state index contributed by atoms with van der Waals surface area (Å²) in [5, 5.41) is 20.2. The van der Waals surface area contributed by atoms with Gasteiger partial charge in [0, 0.05) is 21.9 Å². The molecule has 0 aliphatic carbocycles. The van der Waals surface area contributed by atoms with Crippen molar-refractivity contribution in [1.82, 2.24) is 20.1 Å². The minimum atomic E-state index is -0.766. The molecule has 2 amide bonds. The Morgan fingerprint density at radius 3 is 2.32 bits per heavy atom. The van der Waals surface area contributed by atoms with Crippen molar-refractivity contribution in [2.75, 3.05) is 10.6 Å². The van der Waals surface area contributed by atoms with Gasteiger partial charge < -0.3 is 20.6 Å². The van der Waals surface area contributed by atoms with Crippen LogP contribution < -0.4 is 16.4 Å². The summed E-state index contributed by atoms with van der Waals surface area (Å²) in [6.07, 6.45) is 0. The van der Waals surface area contributed by atoms with Gasteiger partial charge in [-0.3, -0.25) is 19.1 Å². The van der Waals surface area contributed by atoms with Crippen molar-refractivity contribution in [3.05, 3.63) is 100 Å². The molecule has 184 valence electrons. The van der Waals surface area contributed by atoms with Crippen molar-refractivity contribution in [2.45, 2.75) is 0 Å². The van der Waals surface area contributed by atoms with Crippen LogP contribution >= 0.6 is 0 Å². The Bertz CT molecular complexity index is 1940. The number of anilines is 2. The number of amides is 2. The fourth-order valence-corrected chi connectivity index (χ4v) is 4.22. The van der Waals surface area contributed by atoms with Crippen LogP contribution in [0.2, 0.25) is 0 Å². The summed E-state index contributed by atoms with van der Waals surface area (Å²) < 4.78 is 4.57. The number of carbonyl (C=O) groups is 2. The highest BCUT2D eigenvalue weighted by atomic mass is 16.5. The first kappa shape index (κ1) is 22.6. The van der Waals surface area contributed by atoms with Gasteiger partial charge in [-0.2, -0.15) is 5.26 Å². The average Bonchev–Trinajstić information content (AvgIpc) is 3.67. The summed E-state index contributed by atoms with van der Waals surface area (Å²) >= 11 is 0. The van der Waals surface area contributed by atoms with E-state index in [0.29, 0.717) is 39.1 Å². The second-order valence-electron chi connectivity index (χ2n) is 8.45. The number of benzene rings is 3. The first-order chi connectivity index (χ1) is 18.5. The van der Waals surface area contributed by atoms with Gasteiger partial charge in [-0.1, -0.05) is 35.5 Å². The molecule has 0 unspecified atom stereocenters. The van der Waals surface area contributed by atoms with E-state index in [1.165, 1.54) is 18.2 Å². The van der Waals surface area contributed by atoms with Gasteiger partial charge in [0.2, 0.25) is 0 Å². The van der Waals surface area contributed by atoms with Gasteiger partial charge in [-0.15, -0.1) is 0 Å². The molecule has 11 heteroatoms. The molecule has 0 aliphatic heterocycles. The number of nitrogens with one attached hydrogen (secondary N) is 5. The predicted octanol–water partition coefficient (Wildman–Crippen LogP) is 4.37. The third-order valence-electron chi connectivity index (χ3n) is 6.02. The van der Waals surface area contributed by atoms with Crippen LogP contribution in [0.5, 0.6) is 0 Å². The second kappa shape index (κ2) is 8.96. The molecule has 3 heterocycles. The Morgan fingerprint density at radius 2 is 1.55 bits per heavy atom. The molecule has 3 aromatic carbocycles. The van der Waals surface area contributed by atoms with E-state index in [0.717, 1.165) is 10.9 Å². The SMILES string of the molecule is N#Cc1ccc(NC(=O)c2cc3cccc(NC(=O)c4cc5ccccc5[nH]4)c3[nH]2)c(-c2noc(=O)[nH]2)c1. The Hall–Kier alpha value is -5.89. The molecule has 0 radical (unpaired) electrons. The molecule has 0 bridgehead atoms. The maximum Gasteiger partial charge on any atom is 0.439 e. The molecule has 11 nitrogen and oxygen atoms in total. The van der Waals surface area contributed by atoms with Gasteiger partial charge in [-0.25, -0.2) is 4.79 Å². The molecule has 0 fully saturated rings. The number of carbonyl (C=O) groups excluding carboxylic acids is 2. The number of nitrogens with zero attached hydrogens (tertiary/aromatic N) is 2. The number of hydrogen-bond acceptors (Lipinski definition) is 6. The Kier molecular flexibility index (Phi) is 5.32. The third-order valence-corrected chi connectivity index (χ3v) is 6.02. The standard InChI is InChI=1S/C27H17N7O4/c28-13-14-8-9-19(17(10-14)24-33-27(37)38-34-24)31-26(36)22-12-16-5-3-7-20(23(16)30-22)32-25(35)21-11-15-4-1-2-6-18(15)29-21/h1-12,29-30H,(H,31,36)(H,32,35)(H,33,34,37). The first-order valence-corrected chi connectivity index (χ1v) is 11.4. The van der Waals surface area contributed by atoms with Crippen molar-refractivity contribution >= 4 is 45.0 Å². The van der Waals surface area contributed by atoms with Crippen LogP contribution in [-0.2, 0) is 0 Å². The molecule has 38 heavy (non-hydrogen) atoms. The maximum absolute atomic E-state index is 13.2. The molecule has 0 aliphatic rings. The zero-order valence-electron chi connectivity index (χ0n) is 19.5. The van der Waals surface area contributed by atoms with Crippen molar-refractivity contribution < 1.29 is 14.1 Å². The van der Waals surface area contributed by atoms with E-state index < -0.39 is 11.7 Å². The number of nitriles is 1. The number of hydrogen-bond donors (Lipinski definition) is 5. The highest BCUT2D eigenvalue weighted by Crippen LogP contribution is 2.28. The quantitative estimate of drug-likeness (QED) is 0.234. The minimum absolute atomic E-state index is 0.0704. The Balaban J connectivity index is 1.29. The van der Waals surface area contributed by atoms with Crippen LogP contribution in [0.1, 0.15) is 26.5 Å². The smallest absolute Gasteiger partial charge is 0.351 e. The van der Waals surface area contributed by atoms with Crippen LogP contribution in [-0.4, -0.2) is 31.9 Å². The van der Waals surface area contributed by atoms with Crippen molar-refractivity contribution in [3.8, 4) is 17.5 Å². The summed E-state index contributed by atoms with van der Waals surface area (Å²) in [4.78, 5) is 46.1. The summed E-state index contributed by atoms with van der Waals surface area (Å²) in [5.41, 5.74) is 3.50. The number of aromatic amines is 3. The van der Waals surface area contributed by atoms with Crippen molar-refractivity contribution in [2.24, 2.45) is 0 Å². The number of rotatable bonds is 5. The molecular weight excluding hydrogens is 486 g/mol. The molecule has 0 atom stereocenters. The normalized spacial score (nSPS) is 10.9. The van der Waals surface area contributed by atoms with E-state index in [4.69, 9.17) is 0 Å². The van der Waals surface area contributed by atoms with E-state index in [1.54, 1.807) is 24.3 Å². The summed E-state index contributed by atoms with van der Waals surface area (Å²) in [5.74, 6) is -1.50. The van der Waals surface area contributed by atoms with Gasteiger partial charge in [0.1, 0.15) is 11.4 Å².